The van der Waals surface area contributed by atoms with Gasteiger partial charge in [-0.05, 0) is 60.8 Å². The highest BCUT2D eigenvalue weighted by Crippen LogP contribution is 2.39. The van der Waals surface area contributed by atoms with Crippen molar-refractivity contribution in [3.63, 3.8) is 0 Å². The van der Waals surface area contributed by atoms with Crippen LogP contribution in [0.2, 0.25) is 0 Å². The summed E-state index contributed by atoms with van der Waals surface area (Å²) in [4.78, 5) is 12.2. The van der Waals surface area contributed by atoms with Crippen molar-refractivity contribution in [2.45, 2.75) is 13.2 Å². The molecule has 1 aliphatic heterocycles. The Bertz CT molecular complexity index is 1070. The van der Waals surface area contributed by atoms with Crippen LogP contribution in [-0.4, -0.2) is 21.9 Å². The molecule has 0 unspecified atom stereocenters. The van der Waals surface area contributed by atoms with E-state index in [1.54, 1.807) is 12.1 Å². The Balaban J connectivity index is 1.79. The zero-order valence-corrected chi connectivity index (χ0v) is 17.4. The third-order valence-electron chi connectivity index (χ3n) is 4.31. The van der Waals surface area contributed by atoms with Crippen molar-refractivity contribution >= 4 is 54.4 Å². The molecule has 0 spiro atoms. The number of carbonyl (C=O) groups is 1. The molecule has 136 valence electrons. The largest absolute Gasteiger partial charge is 0.506 e. The van der Waals surface area contributed by atoms with Crippen LogP contribution in [0.15, 0.2) is 68.6 Å². The first kappa shape index (κ1) is 18.0. The lowest BCUT2D eigenvalue weighted by Gasteiger charge is -2.20. The Morgan fingerprint density at radius 2 is 1.78 bits per heavy atom. The van der Waals surface area contributed by atoms with Gasteiger partial charge in [0.1, 0.15) is 5.75 Å². The molecule has 1 aliphatic rings. The highest BCUT2D eigenvalue weighted by atomic mass is 79.9. The second kappa shape index (κ2) is 6.98. The van der Waals surface area contributed by atoms with E-state index in [4.69, 9.17) is 4.74 Å². The lowest BCUT2D eigenvalue weighted by Crippen LogP contribution is -2.25. The molecule has 1 heterocycles. The second-order valence-electron chi connectivity index (χ2n) is 6.10. The summed E-state index contributed by atoms with van der Waals surface area (Å²) in [5.41, 5.74) is 1.50. The lowest BCUT2D eigenvalue weighted by atomic mass is 10.0. The summed E-state index contributed by atoms with van der Waals surface area (Å²) < 4.78 is 7.09. The maximum atomic E-state index is 12.2. The number of phenols is 1. The number of amides is 1. The zero-order valence-electron chi connectivity index (χ0n) is 14.2. The first-order valence-electron chi connectivity index (χ1n) is 8.17. The first-order valence-corrected chi connectivity index (χ1v) is 9.75. The van der Waals surface area contributed by atoms with Crippen molar-refractivity contribution in [3.8, 4) is 5.75 Å². The van der Waals surface area contributed by atoms with Crippen LogP contribution in [0.5, 0.6) is 5.75 Å². The van der Waals surface area contributed by atoms with Crippen LogP contribution < -0.4 is 0 Å². The number of hydrazone groups is 1. The minimum absolute atomic E-state index is 0.0846. The van der Waals surface area contributed by atoms with Crippen molar-refractivity contribution in [2.24, 2.45) is 5.10 Å². The van der Waals surface area contributed by atoms with Crippen molar-refractivity contribution in [1.29, 1.82) is 0 Å². The number of aromatic hydroxyl groups is 1. The van der Waals surface area contributed by atoms with Gasteiger partial charge in [0.05, 0.1) is 8.95 Å². The van der Waals surface area contributed by atoms with Crippen LogP contribution in [0.25, 0.3) is 10.8 Å². The highest BCUT2D eigenvalue weighted by molar-refractivity contribution is 9.11. The van der Waals surface area contributed by atoms with Crippen molar-refractivity contribution < 1.29 is 14.6 Å². The monoisotopic (exact) mass is 488 g/mol. The van der Waals surface area contributed by atoms with Gasteiger partial charge in [0.15, 0.2) is 0 Å². The summed E-state index contributed by atoms with van der Waals surface area (Å²) in [5, 5.41) is 17.8. The number of carbonyl (C=O) groups excluding carboxylic acids is 1. The van der Waals surface area contributed by atoms with E-state index >= 15 is 0 Å². The average Bonchev–Trinajstić information content (AvgIpc) is 3.11. The number of nitrogens with zero attached hydrogens (tertiary/aromatic N) is 2. The summed E-state index contributed by atoms with van der Waals surface area (Å²) in [6, 6.07) is 17.2. The summed E-state index contributed by atoms with van der Waals surface area (Å²) in [6.07, 6.45) is -0.718. The summed E-state index contributed by atoms with van der Waals surface area (Å²) in [7, 11) is 0. The number of halogens is 2. The molecule has 27 heavy (non-hydrogen) atoms. The molecule has 0 saturated heterocycles. The lowest BCUT2D eigenvalue weighted by molar-refractivity contribution is -0.135. The SMILES string of the molecule is CC(=O)N1N=C(c2cccc3ccccc23)O[C@@H]1c1cc(Br)c(O)c(Br)c1. The standard InChI is InChI=1S/C20H14Br2N2O3/c1-11(25)24-20(13-9-16(21)18(26)17(22)10-13)27-19(23-24)15-8-4-6-12-5-2-3-7-14(12)15/h2-10,20,26H,1H3/t20-/m1/s1. The fourth-order valence-corrected chi connectivity index (χ4v) is 4.25. The number of rotatable bonds is 2. The van der Waals surface area contributed by atoms with Crippen molar-refractivity contribution in [3.05, 3.63) is 74.7 Å². The molecule has 1 atom stereocenters. The van der Waals surface area contributed by atoms with Gasteiger partial charge in [0.2, 0.25) is 18.0 Å². The van der Waals surface area contributed by atoms with Crippen LogP contribution >= 0.6 is 31.9 Å². The average molecular weight is 490 g/mol. The van der Waals surface area contributed by atoms with Crippen LogP contribution in [-0.2, 0) is 9.53 Å². The van der Waals surface area contributed by atoms with Gasteiger partial charge < -0.3 is 9.84 Å². The third kappa shape index (κ3) is 3.21. The Kier molecular flexibility index (Phi) is 4.65. The van der Waals surface area contributed by atoms with E-state index in [2.05, 4.69) is 37.0 Å². The number of ether oxygens (including phenoxy) is 1. The van der Waals surface area contributed by atoms with Gasteiger partial charge in [-0.2, -0.15) is 5.01 Å². The molecule has 0 fully saturated rings. The molecule has 0 bridgehead atoms. The minimum Gasteiger partial charge on any atom is -0.506 e. The summed E-state index contributed by atoms with van der Waals surface area (Å²) in [6.45, 7) is 1.44. The Morgan fingerprint density at radius 3 is 2.48 bits per heavy atom. The molecule has 3 aromatic rings. The number of benzene rings is 3. The van der Waals surface area contributed by atoms with Crippen LogP contribution in [0.1, 0.15) is 24.3 Å². The molecule has 0 aliphatic carbocycles. The molecule has 0 saturated carbocycles. The topological polar surface area (TPSA) is 62.1 Å². The fraction of sp³-hybridized carbons (Fsp3) is 0.100. The Labute approximate surface area is 172 Å². The van der Waals surface area contributed by atoms with Crippen LogP contribution in [0.3, 0.4) is 0 Å². The van der Waals surface area contributed by atoms with E-state index < -0.39 is 6.23 Å². The van der Waals surface area contributed by atoms with E-state index in [0.717, 1.165) is 16.3 Å². The third-order valence-corrected chi connectivity index (χ3v) is 5.52. The first-order chi connectivity index (χ1) is 13.0. The Hall–Kier alpha value is -2.38. The van der Waals surface area contributed by atoms with Crippen molar-refractivity contribution in [1.82, 2.24) is 5.01 Å². The molecule has 1 amide bonds. The van der Waals surface area contributed by atoms with Gasteiger partial charge in [-0.25, -0.2) is 0 Å². The molecule has 5 nitrogen and oxygen atoms in total. The molecule has 3 aromatic carbocycles. The smallest absolute Gasteiger partial charge is 0.243 e. The predicted molar refractivity (Wildman–Crippen MR) is 110 cm³/mol. The molecule has 0 aromatic heterocycles. The van der Waals surface area contributed by atoms with Crippen LogP contribution in [0, 0.1) is 0 Å². The predicted octanol–water partition coefficient (Wildman–Crippen LogP) is 5.31. The van der Waals surface area contributed by atoms with E-state index in [-0.39, 0.29) is 11.7 Å². The molecule has 1 N–H and O–H groups in total. The van der Waals surface area contributed by atoms with E-state index in [1.807, 2.05) is 42.5 Å². The number of hydrogen-bond donors (Lipinski definition) is 1. The fourth-order valence-electron chi connectivity index (χ4n) is 3.03. The van der Waals surface area contributed by atoms with Crippen LogP contribution in [0.4, 0.5) is 0 Å². The molecule has 4 rings (SSSR count). The number of phenolic OH excluding ortho intramolecular Hbond substituents is 1. The molecule has 0 radical (unpaired) electrons. The maximum absolute atomic E-state index is 12.2. The summed E-state index contributed by atoms with van der Waals surface area (Å²) >= 11 is 6.63. The highest BCUT2D eigenvalue weighted by Gasteiger charge is 2.34. The number of fused-ring (bicyclic) bond motifs is 1. The van der Waals surface area contributed by atoms with Gasteiger partial charge in [-0.15, -0.1) is 5.10 Å². The minimum atomic E-state index is -0.718. The van der Waals surface area contributed by atoms with E-state index in [1.165, 1.54) is 11.9 Å². The van der Waals surface area contributed by atoms with Crippen molar-refractivity contribution in [2.75, 3.05) is 0 Å². The van der Waals surface area contributed by atoms with E-state index in [9.17, 15) is 9.90 Å². The molecule has 7 heteroatoms. The maximum Gasteiger partial charge on any atom is 0.243 e. The van der Waals surface area contributed by atoms with Gasteiger partial charge in [-0.3, -0.25) is 4.79 Å². The Morgan fingerprint density at radius 1 is 1.11 bits per heavy atom. The molecular formula is C20H14Br2N2O3. The van der Waals surface area contributed by atoms with E-state index in [0.29, 0.717) is 20.4 Å². The summed E-state index contributed by atoms with van der Waals surface area (Å²) in [5.74, 6) is 0.226. The zero-order chi connectivity index (χ0) is 19.1. The second-order valence-corrected chi connectivity index (χ2v) is 7.81. The quantitative estimate of drug-likeness (QED) is 0.530. The number of hydrogen-bond acceptors (Lipinski definition) is 4. The van der Waals surface area contributed by atoms with Gasteiger partial charge >= 0.3 is 0 Å². The van der Waals surface area contributed by atoms with Gasteiger partial charge in [-0.1, -0.05) is 36.4 Å². The molecular weight excluding hydrogens is 476 g/mol. The van der Waals surface area contributed by atoms with Gasteiger partial charge in [0, 0.05) is 18.1 Å². The van der Waals surface area contributed by atoms with Gasteiger partial charge in [0.25, 0.3) is 0 Å². The normalized spacial score (nSPS) is 16.3.